The molecule has 166 valence electrons. The van der Waals surface area contributed by atoms with E-state index in [-0.39, 0.29) is 11.6 Å². The second kappa shape index (κ2) is 9.19. The highest BCUT2D eigenvalue weighted by molar-refractivity contribution is 9.10. The number of fused-ring (bicyclic) bond motifs is 1. The summed E-state index contributed by atoms with van der Waals surface area (Å²) in [6.07, 6.45) is 2.63. The topological polar surface area (TPSA) is 63.1 Å². The standard InChI is InChI=1S/C26H24BrN5O/c1-18(20-9-5-10-22(27)15-20)29-26-28-12-11-23(30-26)31-13-6-14-32-24(31)16-21(17-25(32)33)19-7-3-2-4-8-19/h2-5,7-12,15-18H,6,13-14H2,1H3,(H,28,29,30). The second-order valence-corrected chi connectivity index (χ2v) is 9.04. The van der Waals surface area contributed by atoms with E-state index in [1.807, 2.05) is 53.1 Å². The van der Waals surface area contributed by atoms with E-state index >= 15 is 0 Å². The summed E-state index contributed by atoms with van der Waals surface area (Å²) in [5.74, 6) is 2.18. The second-order valence-electron chi connectivity index (χ2n) is 8.12. The number of halogens is 1. The van der Waals surface area contributed by atoms with Crippen LogP contribution < -0.4 is 15.8 Å². The van der Waals surface area contributed by atoms with Gasteiger partial charge in [0.15, 0.2) is 0 Å². The molecule has 7 heteroatoms. The molecule has 0 saturated heterocycles. The highest BCUT2D eigenvalue weighted by atomic mass is 79.9. The molecule has 33 heavy (non-hydrogen) atoms. The van der Waals surface area contributed by atoms with E-state index in [1.165, 1.54) is 0 Å². The number of aromatic nitrogens is 3. The zero-order valence-electron chi connectivity index (χ0n) is 18.3. The van der Waals surface area contributed by atoms with Crippen LogP contribution in [0.5, 0.6) is 0 Å². The monoisotopic (exact) mass is 501 g/mol. The van der Waals surface area contributed by atoms with Gasteiger partial charge in [0.2, 0.25) is 5.95 Å². The maximum absolute atomic E-state index is 12.9. The van der Waals surface area contributed by atoms with E-state index in [0.29, 0.717) is 12.5 Å². The van der Waals surface area contributed by atoms with Gasteiger partial charge in [-0.05, 0) is 54.3 Å². The third-order valence-corrected chi connectivity index (χ3v) is 6.36. The first-order chi connectivity index (χ1) is 16.1. The number of rotatable bonds is 5. The molecule has 1 atom stereocenters. The molecule has 5 rings (SSSR count). The molecule has 1 aliphatic heterocycles. The van der Waals surface area contributed by atoms with Crippen LogP contribution in [-0.4, -0.2) is 21.1 Å². The van der Waals surface area contributed by atoms with Gasteiger partial charge in [-0.15, -0.1) is 0 Å². The van der Waals surface area contributed by atoms with Crippen LogP contribution in [0.2, 0.25) is 0 Å². The highest BCUT2D eigenvalue weighted by Gasteiger charge is 2.22. The minimum Gasteiger partial charge on any atom is -0.348 e. The third-order valence-electron chi connectivity index (χ3n) is 5.86. The van der Waals surface area contributed by atoms with Gasteiger partial charge < -0.3 is 10.2 Å². The summed E-state index contributed by atoms with van der Waals surface area (Å²) in [5, 5.41) is 3.40. The number of nitrogens with zero attached hydrogens (tertiary/aromatic N) is 4. The molecule has 0 spiro atoms. The number of hydrogen-bond acceptors (Lipinski definition) is 5. The van der Waals surface area contributed by atoms with Gasteiger partial charge in [0.1, 0.15) is 11.6 Å². The first kappa shape index (κ1) is 21.4. The van der Waals surface area contributed by atoms with Crippen LogP contribution in [0.1, 0.15) is 24.9 Å². The molecule has 1 aliphatic rings. The van der Waals surface area contributed by atoms with Crippen LogP contribution in [0.15, 0.2) is 88.3 Å². The Balaban J connectivity index is 1.48. The fourth-order valence-corrected chi connectivity index (χ4v) is 4.60. The Morgan fingerprint density at radius 3 is 2.64 bits per heavy atom. The van der Waals surface area contributed by atoms with E-state index in [4.69, 9.17) is 4.98 Å². The Bertz CT molecular complexity index is 1340. The Hall–Kier alpha value is -3.45. The molecule has 0 aliphatic carbocycles. The summed E-state index contributed by atoms with van der Waals surface area (Å²) in [7, 11) is 0. The number of pyridine rings is 1. The van der Waals surface area contributed by atoms with Crippen LogP contribution in [0, 0.1) is 0 Å². The van der Waals surface area contributed by atoms with Gasteiger partial charge in [0.25, 0.3) is 5.56 Å². The lowest BCUT2D eigenvalue weighted by atomic mass is 10.1. The van der Waals surface area contributed by atoms with Gasteiger partial charge in [0.05, 0.1) is 6.04 Å². The highest BCUT2D eigenvalue weighted by Crippen LogP contribution is 2.31. The van der Waals surface area contributed by atoms with Crippen LogP contribution >= 0.6 is 15.9 Å². The van der Waals surface area contributed by atoms with Crippen molar-refractivity contribution in [2.45, 2.75) is 25.9 Å². The van der Waals surface area contributed by atoms with Crippen molar-refractivity contribution < 1.29 is 0 Å². The smallest absolute Gasteiger partial charge is 0.252 e. The van der Waals surface area contributed by atoms with Gasteiger partial charge in [-0.1, -0.05) is 58.4 Å². The minimum absolute atomic E-state index is 0.00624. The van der Waals surface area contributed by atoms with Crippen LogP contribution in [0.25, 0.3) is 11.1 Å². The molecule has 4 aromatic rings. The van der Waals surface area contributed by atoms with Crippen LogP contribution in [0.3, 0.4) is 0 Å². The molecule has 0 saturated carbocycles. The Morgan fingerprint density at radius 2 is 1.82 bits per heavy atom. The minimum atomic E-state index is 0.00624. The largest absolute Gasteiger partial charge is 0.348 e. The third kappa shape index (κ3) is 4.54. The lowest BCUT2D eigenvalue weighted by molar-refractivity contribution is 0.574. The van der Waals surface area contributed by atoms with Crippen molar-refractivity contribution in [1.29, 1.82) is 0 Å². The Morgan fingerprint density at radius 1 is 0.970 bits per heavy atom. The quantitative estimate of drug-likeness (QED) is 0.375. The predicted octanol–water partition coefficient (Wildman–Crippen LogP) is 5.78. The lowest BCUT2D eigenvalue weighted by Gasteiger charge is -2.31. The molecular formula is C26H24BrN5O. The SMILES string of the molecule is CC(Nc1nccc(N2CCCn3c2cc(-c2ccccc2)cc3=O)n1)c1cccc(Br)c1. The van der Waals surface area contributed by atoms with Crippen LogP contribution in [-0.2, 0) is 6.54 Å². The summed E-state index contributed by atoms with van der Waals surface area (Å²) >= 11 is 3.53. The number of hydrogen-bond donors (Lipinski definition) is 1. The number of anilines is 3. The molecule has 1 N–H and O–H groups in total. The first-order valence-corrected chi connectivity index (χ1v) is 11.8. The molecular weight excluding hydrogens is 478 g/mol. The number of nitrogens with one attached hydrogen (secondary N) is 1. The van der Waals surface area contributed by atoms with Crippen molar-refractivity contribution in [3.63, 3.8) is 0 Å². The van der Waals surface area contributed by atoms with E-state index in [2.05, 4.69) is 56.3 Å². The van der Waals surface area contributed by atoms with E-state index in [9.17, 15) is 4.79 Å². The lowest BCUT2D eigenvalue weighted by Crippen LogP contribution is -2.35. The van der Waals surface area contributed by atoms with Crippen molar-refractivity contribution in [1.82, 2.24) is 14.5 Å². The first-order valence-electron chi connectivity index (χ1n) is 11.0. The van der Waals surface area contributed by atoms with Gasteiger partial charge in [-0.2, -0.15) is 4.98 Å². The van der Waals surface area contributed by atoms with Gasteiger partial charge in [0, 0.05) is 29.8 Å². The maximum atomic E-state index is 12.9. The fraction of sp³-hybridized carbons (Fsp3) is 0.192. The molecule has 2 aromatic heterocycles. The molecule has 0 amide bonds. The maximum Gasteiger partial charge on any atom is 0.252 e. The van der Waals surface area contributed by atoms with Crippen molar-refractivity contribution in [2.75, 3.05) is 16.8 Å². The zero-order chi connectivity index (χ0) is 22.8. The van der Waals surface area contributed by atoms with E-state index in [0.717, 1.165) is 45.8 Å². The molecule has 0 radical (unpaired) electrons. The normalized spacial score (nSPS) is 13.9. The average Bonchev–Trinajstić information content (AvgIpc) is 2.84. The van der Waals surface area contributed by atoms with E-state index in [1.54, 1.807) is 12.3 Å². The number of benzene rings is 2. The van der Waals surface area contributed by atoms with Crippen molar-refractivity contribution in [3.8, 4) is 11.1 Å². The molecule has 2 aromatic carbocycles. The predicted molar refractivity (Wildman–Crippen MR) is 136 cm³/mol. The van der Waals surface area contributed by atoms with Gasteiger partial charge in [-0.25, -0.2) is 4.98 Å². The molecule has 0 fully saturated rings. The summed E-state index contributed by atoms with van der Waals surface area (Å²) in [5.41, 5.74) is 3.08. The molecule has 6 nitrogen and oxygen atoms in total. The van der Waals surface area contributed by atoms with Crippen LogP contribution in [0.4, 0.5) is 17.6 Å². The fourth-order valence-electron chi connectivity index (χ4n) is 4.18. The summed E-state index contributed by atoms with van der Waals surface area (Å²) in [6, 6.07) is 23.9. The summed E-state index contributed by atoms with van der Waals surface area (Å²) < 4.78 is 2.86. The van der Waals surface area contributed by atoms with Crippen molar-refractivity contribution in [3.05, 3.63) is 99.4 Å². The van der Waals surface area contributed by atoms with Gasteiger partial charge in [-0.3, -0.25) is 9.36 Å². The Kier molecular flexibility index (Phi) is 5.96. The van der Waals surface area contributed by atoms with Crippen molar-refractivity contribution >= 4 is 33.5 Å². The summed E-state index contributed by atoms with van der Waals surface area (Å²) in [4.78, 5) is 24.2. The van der Waals surface area contributed by atoms with E-state index < -0.39 is 0 Å². The van der Waals surface area contributed by atoms with Crippen molar-refractivity contribution in [2.24, 2.45) is 0 Å². The Labute approximate surface area is 201 Å². The molecule has 3 heterocycles. The van der Waals surface area contributed by atoms with Gasteiger partial charge >= 0.3 is 0 Å². The molecule has 1 unspecified atom stereocenters. The molecule has 0 bridgehead atoms. The average molecular weight is 502 g/mol. The summed E-state index contributed by atoms with van der Waals surface area (Å²) in [6.45, 7) is 3.57. The zero-order valence-corrected chi connectivity index (χ0v) is 19.9.